The molecule has 39 nitrogen and oxygen atoms in total. The lowest BCUT2D eigenvalue weighted by Crippen LogP contribution is -2.61. The van der Waals surface area contributed by atoms with Crippen LogP contribution in [-0.4, -0.2) is 229 Å². The Morgan fingerprint density at radius 2 is 0.886 bits per heavy atom. The first kappa shape index (κ1) is 97.2. The number of phenolic OH excluding ortho intramolecular Hbond substituents is 1. The first-order chi connectivity index (χ1) is 54.1. The Balaban J connectivity index is 1.97. The summed E-state index contributed by atoms with van der Waals surface area (Å²) in [5.74, 6) is -12.5. The third kappa shape index (κ3) is 37.6. The number of nitrogens with zero attached hydrogens (tertiary/aromatic N) is 4. The van der Waals surface area contributed by atoms with Crippen molar-refractivity contribution in [2.45, 2.75) is 230 Å². The molecule has 39 heteroatoms. The number of carboxylic acid groups (broad SMARTS) is 1. The van der Waals surface area contributed by atoms with Gasteiger partial charge in [-0.3, -0.25) is 72.5 Å². The van der Waals surface area contributed by atoms with Crippen LogP contribution in [0.5, 0.6) is 5.75 Å². The van der Waals surface area contributed by atoms with Gasteiger partial charge in [-0.05, 0) is 163 Å². The van der Waals surface area contributed by atoms with E-state index in [0.717, 1.165) is 0 Å². The molecule has 1 aliphatic rings. The first-order valence-corrected chi connectivity index (χ1v) is 39.0. The van der Waals surface area contributed by atoms with E-state index >= 15 is 4.79 Å². The van der Waals surface area contributed by atoms with Crippen LogP contribution >= 0.6 is 0 Å². The predicted octanol–water partition coefficient (Wildman–Crippen LogP) is -4.27. The summed E-state index contributed by atoms with van der Waals surface area (Å²) in [6.07, 6.45) is 2.67. The van der Waals surface area contributed by atoms with E-state index in [1.807, 2.05) is 13.8 Å². The Bertz CT molecular complexity index is 3520. The molecular weight excluding hydrogens is 1480 g/mol. The van der Waals surface area contributed by atoms with Gasteiger partial charge in [0.05, 0.1) is 19.1 Å². The second-order valence-electron chi connectivity index (χ2n) is 29.3. The summed E-state index contributed by atoms with van der Waals surface area (Å²) in [6, 6.07) is 0.244. The summed E-state index contributed by atoms with van der Waals surface area (Å²) in [5, 5.41) is 48.8. The van der Waals surface area contributed by atoms with E-state index in [1.54, 1.807) is 70.2 Å². The number of nitrogens with two attached hydrogens (primary N) is 9. The number of benzene rings is 2. The van der Waals surface area contributed by atoms with E-state index in [-0.39, 0.29) is 158 Å². The number of hydrogen-bond acceptors (Lipinski definition) is 20. The van der Waals surface area contributed by atoms with Gasteiger partial charge < -0.3 is 125 Å². The van der Waals surface area contributed by atoms with E-state index in [9.17, 15) is 67.7 Å². The maximum atomic E-state index is 15.1. The average molecular weight is 1600 g/mol. The average Bonchev–Trinajstić information content (AvgIpc) is 1.60. The van der Waals surface area contributed by atoms with Crippen molar-refractivity contribution in [2.75, 3.05) is 52.4 Å². The lowest BCUT2D eigenvalue weighted by Gasteiger charge is -2.32. The van der Waals surface area contributed by atoms with Crippen LogP contribution < -0.4 is 110 Å². The first-order valence-electron chi connectivity index (χ1n) is 39.0. The molecule has 636 valence electrons. The number of carbonyl (C=O) groups is 13. The van der Waals surface area contributed by atoms with Gasteiger partial charge in [-0.1, -0.05) is 90.4 Å². The normalized spacial score (nSPS) is 15.3. The van der Waals surface area contributed by atoms with Crippen molar-refractivity contribution in [3.05, 3.63) is 65.7 Å². The maximum absolute atomic E-state index is 15.1. The molecule has 0 aromatic heterocycles. The van der Waals surface area contributed by atoms with Gasteiger partial charge in [0, 0.05) is 32.6 Å². The SMILES string of the molecule is CC[C@@H](C)[C@H](NC(=O)[C@@H](CCCN=C(N)N)NC(=O)[C@@H](CCCN=C(N)N)NC(=O)[C@@H](CC(C)C)NC(=O)[C@@H](Cc1ccccc1)NC(=O)CNC(=O)CNC(=O)[C@H](N)Cc1ccc(O)cc1)C(=O)N[C@@H](CCCN=C(N)N)C(=O)N1CCC[C@H]1C(=O)N[C@@H](CCCCN)C(=O)N[C@@H](CC(C)C)C(=O)N[C@@H](CCCCN)C(=O)O. The zero-order chi connectivity index (χ0) is 85.0. The maximum Gasteiger partial charge on any atom is 0.326 e. The number of phenols is 1. The molecule has 0 spiro atoms. The number of rotatable bonds is 54. The van der Waals surface area contributed by atoms with Crippen LogP contribution in [0.2, 0.25) is 0 Å². The number of likely N-dealkylation sites (tertiary alicyclic amines) is 1. The quantitative estimate of drug-likeness (QED) is 0.0169. The third-order valence-corrected chi connectivity index (χ3v) is 18.7. The number of carboxylic acids is 1. The van der Waals surface area contributed by atoms with Gasteiger partial charge in [-0.15, -0.1) is 0 Å². The summed E-state index contributed by atoms with van der Waals surface area (Å²) in [6.45, 7) is 10.00. The Kier molecular flexibility index (Phi) is 44.7. The number of nitrogens with one attached hydrogen (secondary N) is 11. The number of hydrogen-bond donors (Lipinski definition) is 22. The van der Waals surface area contributed by atoms with Gasteiger partial charge in [-0.25, -0.2) is 4.79 Å². The molecule has 1 saturated heterocycles. The molecule has 12 amide bonds. The van der Waals surface area contributed by atoms with Gasteiger partial charge in [-0.2, -0.15) is 0 Å². The van der Waals surface area contributed by atoms with Crippen molar-refractivity contribution in [3.63, 3.8) is 0 Å². The van der Waals surface area contributed by atoms with Crippen LogP contribution in [0, 0.1) is 17.8 Å². The fraction of sp³-hybridized carbons (Fsp3) is 0.627. The standard InChI is InChI=1S/C75H126N24O15/c1-7-45(6)61(70(111)94-53(25-17-35-87-75(83)84)71(112)99-36-18-26-58(99)69(110)93-50(21-11-13-31-76)64(105)96-56(38-44(4)5)67(108)95-54(72(113)114)22-12-14-32-77)98-65(106)52(24-16-34-86-74(81)82)91-63(104)51(23-15-33-85-73(79)80)92-66(107)55(37-43(2)3)97-68(109)57(40-46-19-9-8-10-20-46)90-60(102)42-88-59(101)41-89-62(103)49(78)39-47-27-29-48(100)30-28-47/h8-10,19-20,27-30,43-45,49-58,61,100H,7,11-18,21-26,31-42,76-78H2,1-6H3,(H,88,101)(H,89,103)(H,90,102)(H,91,104)(H,92,107)(H,93,110)(H,94,111)(H,95,108)(H,96,105)(H,97,109)(H,98,106)(H,113,114)(H4,79,80,85)(H4,81,82,86)(H4,83,84,87)/t45-,49-,50+,51-,52-,53+,54+,55-,56+,57-,58+,61+/m1/s1. The predicted molar refractivity (Wildman–Crippen MR) is 430 cm³/mol. The zero-order valence-corrected chi connectivity index (χ0v) is 66.6. The van der Waals surface area contributed by atoms with Crippen LogP contribution in [0.15, 0.2) is 69.6 Å². The monoisotopic (exact) mass is 1600 g/mol. The van der Waals surface area contributed by atoms with Crippen LogP contribution in [0.4, 0.5) is 0 Å². The molecule has 0 unspecified atom stereocenters. The van der Waals surface area contributed by atoms with Crippen molar-refractivity contribution in [1.82, 2.24) is 63.4 Å². The van der Waals surface area contributed by atoms with E-state index in [1.165, 1.54) is 17.0 Å². The number of aliphatic imine (C=N–C) groups is 3. The van der Waals surface area contributed by atoms with E-state index in [2.05, 4.69) is 73.5 Å². The van der Waals surface area contributed by atoms with Gasteiger partial charge in [0.25, 0.3) is 0 Å². The molecule has 1 aliphatic heterocycles. The summed E-state index contributed by atoms with van der Waals surface area (Å²) in [5.41, 5.74) is 52.6. The third-order valence-electron chi connectivity index (χ3n) is 18.7. The highest BCUT2D eigenvalue weighted by Gasteiger charge is 2.42. The summed E-state index contributed by atoms with van der Waals surface area (Å²) < 4.78 is 0. The van der Waals surface area contributed by atoms with Crippen LogP contribution in [-0.2, 0) is 75.2 Å². The Hall–Kier alpha value is -11.0. The Morgan fingerprint density at radius 3 is 1.37 bits per heavy atom. The molecule has 2 aromatic carbocycles. The summed E-state index contributed by atoms with van der Waals surface area (Å²) in [7, 11) is 0. The minimum atomic E-state index is -1.48. The van der Waals surface area contributed by atoms with E-state index < -0.39 is 162 Å². The number of guanidine groups is 3. The van der Waals surface area contributed by atoms with Crippen molar-refractivity contribution in [1.29, 1.82) is 0 Å². The molecule has 31 N–H and O–H groups in total. The molecule has 0 aliphatic carbocycles. The fourth-order valence-electron chi connectivity index (χ4n) is 12.4. The summed E-state index contributed by atoms with van der Waals surface area (Å²) >= 11 is 0. The largest absolute Gasteiger partial charge is 0.508 e. The number of aliphatic carboxylic acids is 1. The lowest BCUT2D eigenvalue weighted by molar-refractivity contribution is -0.143. The minimum Gasteiger partial charge on any atom is -0.508 e. The fourth-order valence-corrected chi connectivity index (χ4v) is 12.4. The smallest absolute Gasteiger partial charge is 0.326 e. The van der Waals surface area contributed by atoms with E-state index in [0.29, 0.717) is 49.8 Å². The molecule has 0 bridgehead atoms. The molecule has 0 saturated carbocycles. The number of carbonyl (C=O) groups excluding carboxylic acids is 12. The number of unbranched alkanes of at least 4 members (excludes halogenated alkanes) is 2. The number of amides is 12. The Labute approximate surface area is 666 Å². The minimum absolute atomic E-state index is 0.00479. The molecule has 3 rings (SSSR count). The highest BCUT2D eigenvalue weighted by atomic mass is 16.4. The Morgan fingerprint density at radius 1 is 0.465 bits per heavy atom. The second kappa shape index (κ2) is 52.4. The highest BCUT2D eigenvalue weighted by molar-refractivity contribution is 6.00. The second-order valence-corrected chi connectivity index (χ2v) is 29.3. The van der Waals surface area contributed by atoms with Gasteiger partial charge in [0.15, 0.2) is 17.9 Å². The molecule has 1 fully saturated rings. The van der Waals surface area contributed by atoms with Crippen LogP contribution in [0.1, 0.15) is 162 Å². The van der Waals surface area contributed by atoms with Crippen molar-refractivity contribution < 1.29 is 72.5 Å². The van der Waals surface area contributed by atoms with Gasteiger partial charge in [0.2, 0.25) is 70.9 Å². The molecule has 12 atom stereocenters. The molecule has 1 heterocycles. The van der Waals surface area contributed by atoms with Gasteiger partial charge >= 0.3 is 5.97 Å². The lowest BCUT2D eigenvalue weighted by atomic mass is 9.96. The van der Waals surface area contributed by atoms with E-state index in [4.69, 9.17) is 51.6 Å². The topological polar surface area (TPSA) is 669 Å². The molecular formula is C75H126N24O15. The van der Waals surface area contributed by atoms with Crippen LogP contribution in [0.3, 0.4) is 0 Å². The van der Waals surface area contributed by atoms with Crippen molar-refractivity contribution >= 4 is 94.7 Å². The summed E-state index contributed by atoms with van der Waals surface area (Å²) in [4.78, 5) is 196. The number of aromatic hydroxyl groups is 1. The zero-order valence-electron chi connectivity index (χ0n) is 66.6. The van der Waals surface area contributed by atoms with Crippen LogP contribution in [0.25, 0.3) is 0 Å². The highest BCUT2D eigenvalue weighted by Crippen LogP contribution is 2.22. The van der Waals surface area contributed by atoms with Crippen molar-refractivity contribution in [2.24, 2.45) is 84.3 Å². The van der Waals surface area contributed by atoms with Gasteiger partial charge in [0.1, 0.15) is 66.2 Å². The molecule has 114 heavy (non-hydrogen) atoms. The molecule has 0 radical (unpaired) electrons. The van der Waals surface area contributed by atoms with Crippen molar-refractivity contribution in [3.8, 4) is 5.75 Å². The molecule has 2 aromatic rings.